The molecule has 1 aliphatic rings. The van der Waals surface area contributed by atoms with E-state index in [0.29, 0.717) is 6.04 Å². The molecule has 1 heterocycles. The van der Waals surface area contributed by atoms with Crippen molar-refractivity contribution in [3.8, 4) is 0 Å². The first-order valence-corrected chi connectivity index (χ1v) is 4.71. The Hall–Kier alpha value is -0.890. The number of halogens is 1. The SMILES string of the molecule is CC1NCc2cccc(F)c2C1C. The van der Waals surface area contributed by atoms with Gasteiger partial charge in [0.15, 0.2) is 0 Å². The highest BCUT2D eigenvalue weighted by Crippen LogP contribution is 2.29. The van der Waals surface area contributed by atoms with Crippen LogP contribution in [0.15, 0.2) is 18.2 Å². The highest BCUT2D eigenvalue weighted by Gasteiger charge is 2.24. The van der Waals surface area contributed by atoms with E-state index >= 15 is 0 Å². The number of rotatable bonds is 0. The van der Waals surface area contributed by atoms with Crippen LogP contribution in [0.5, 0.6) is 0 Å². The number of hydrogen-bond donors (Lipinski definition) is 1. The molecular weight excluding hydrogens is 165 g/mol. The van der Waals surface area contributed by atoms with E-state index in [4.69, 9.17) is 0 Å². The molecule has 0 spiro atoms. The normalized spacial score (nSPS) is 27.0. The molecular formula is C11H14FN. The zero-order valence-electron chi connectivity index (χ0n) is 7.97. The van der Waals surface area contributed by atoms with Gasteiger partial charge in [0.2, 0.25) is 0 Å². The van der Waals surface area contributed by atoms with Crippen LogP contribution in [0.25, 0.3) is 0 Å². The summed E-state index contributed by atoms with van der Waals surface area (Å²) in [6.45, 7) is 4.96. The van der Waals surface area contributed by atoms with Crippen LogP contribution in [0, 0.1) is 5.82 Å². The largest absolute Gasteiger partial charge is 0.310 e. The van der Waals surface area contributed by atoms with E-state index in [1.807, 2.05) is 6.07 Å². The molecule has 0 saturated carbocycles. The smallest absolute Gasteiger partial charge is 0.127 e. The van der Waals surface area contributed by atoms with Gasteiger partial charge in [0.05, 0.1) is 0 Å². The number of hydrogen-bond acceptors (Lipinski definition) is 1. The van der Waals surface area contributed by atoms with E-state index in [-0.39, 0.29) is 11.7 Å². The van der Waals surface area contributed by atoms with E-state index in [2.05, 4.69) is 19.2 Å². The summed E-state index contributed by atoms with van der Waals surface area (Å²) in [4.78, 5) is 0. The van der Waals surface area contributed by atoms with Crippen LogP contribution in [0.1, 0.15) is 30.9 Å². The lowest BCUT2D eigenvalue weighted by molar-refractivity contribution is 0.430. The highest BCUT2D eigenvalue weighted by molar-refractivity contribution is 5.34. The first kappa shape index (κ1) is 8.70. The Morgan fingerprint density at radius 2 is 2.15 bits per heavy atom. The first-order chi connectivity index (χ1) is 6.20. The Bertz CT molecular complexity index is 322. The van der Waals surface area contributed by atoms with Gasteiger partial charge in [0, 0.05) is 12.6 Å². The van der Waals surface area contributed by atoms with Crippen LogP contribution in [-0.4, -0.2) is 6.04 Å². The standard InChI is InChI=1S/C11H14FN/c1-7-8(2)13-6-9-4-3-5-10(12)11(7)9/h3-5,7-8,13H,6H2,1-2H3. The molecule has 2 unspecified atom stereocenters. The van der Waals surface area contributed by atoms with Crippen molar-refractivity contribution >= 4 is 0 Å². The second kappa shape index (κ2) is 3.11. The van der Waals surface area contributed by atoms with Gasteiger partial charge in [-0.05, 0) is 30.0 Å². The third-order valence-corrected chi connectivity index (χ3v) is 2.96. The molecule has 0 bridgehead atoms. The maximum atomic E-state index is 13.5. The van der Waals surface area contributed by atoms with Crippen molar-refractivity contribution in [3.05, 3.63) is 35.1 Å². The molecule has 2 atom stereocenters. The molecule has 13 heavy (non-hydrogen) atoms. The molecule has 2 rings (SSSR count). The number of fused-ring (bicyclic) bond motifs is 1. The second-order valence-electron chi connectivity index (χ2n) is 3.77. The van der Waals surface area contributed by atoms with Gasteiger partial charge in [-0.15, -0.1) is 0 Å². The fourth-order valence-electron chi connectivity index (χ4n) is 1.94. The number of benzene rings is 1. The summed E-state index contributed by atoms with van der Waals surface area (Å²) in [7, 11) is 0. The summed E-state index contributed by atoms with van der Waals surface area (Å²) in [5.41, 5.74) is 2.00. The molecule has 0 aromatic heterocycles. The highest BCUT2D eigenvalue weighted by atomic mass is 19.1. The molecule has 1 aliphatic heterocycles. The van der Waals surface area contributed by atoms with Gasteiger partial charge < -0.3 is 5.32 Å². The Labute approximate surface area is 78.0 Å². The Balaban J connectivity index is 2.51. The van der Waals surface area contributed by atoms with Crippen molar-refractivity contribution in [2.75, 3.05) is 0 Å². The Morgan fingerprint density at radius 1 is 1.38 bits per heavy atom. The summed E-state index contributed by atoms with van der Waals surface area (Å²) >= 11 is 0. The van der Waals surface area contributed by atoms with Crippen LogP contribution in [0.3, 0.4) is 0 Å². The second-order valence-corrected chi connectivity index (χ2v) is 3.77. The van der Waals surface area contributed by atoms with Crippen LogP contribution in [0.2, 0.25) is 0 Å². The van der Waals surface area contributed by atoms with E-state index in [1.54, 1.807) is 12.1 Å². The van der Waals surface area contributed by atoms with Crippen molar-refractivity contribution in [2.45, 2.75) is 32.4 Å². The number of nitrogens with one attached hydrogen (secondary N) is 1. The summed E-state index contributed by atoms with van der Waals surface area (Å²) < 4.78 is 13.5. The lowest BCUT2D eigenvalue weighted by Crippen LogP contribution is -2.36. The average molecular weight is 179 g/mol. The molecule has 2 heteroatoms. The fraction of sp³-hybridized carbons (Fsp3) is 0.455. The minimum Gasteiger partial charge on any atom is -0.310 e. The van der Waals surface area contributed by atoms with E-state index < -0.39 is 0 Å². The zero-order valence-corrected chi connectivity index (χ0v) is 7.97. The summed E-state index contributed by atoms with van der Waals surface area (Å²) in [5, 5.41) is 3.35. The Kier molecular flexibility index (Phi) is 2.08. The minimum absolute atomic E-state index is 0.0571. The molecule has 1 N–H and O–H groups in total. The predicted octanol–water partition coefficient (Wildman–Crippen LogP) is 2.42. The summed E-state index contributed by atoms with van der Waals surface area (Å²) in [6, 6.07) is 5.68. The average Bonchev–Trinajstić information content (AvgIpc) is 2.12. The molecule has 0 saturated heterocycles. The molecule has 70 valence electrons. The van der Waals surface area contributed by atoms with Gasteiger partial charge >= 0.3 is 0 Å². The molecule has 1 aromatic rings. The van der Waals surface area contributed by atoms with Gasteiger partial charge in [-0.1, -0.05) is 19.1 Å². The summed E-state index contributed by atoms with van der Waals surface area (Å²) in [5.74, 6) is 0.211. The quantitative estimate of drug-likeness (QED) is 0.645. The van der Waals surface area contributed by atoms with Gasteiger partial charge in [-0.25, -0.2) is 4.39 Å². The van der Waals surface area contributed by atoms with Gasteiger partial charge in [-0.2, -0.15) is 0 Å². The first-order valence-electron chi connectivity index (χ1n) is 4.71. The van der Waals surface area contributed by atoms with Crippen LogP contribution < -0.4 is 5.32 Å². The topological polar surface area (TPSA) is 12.0 Å². The monoisotopic (exact) mass is 179 g/mol. The van der Waals surface area contributed by atoms with Crippen molar-refractivity contribution in [2.24, 2.45) is 0 Å². The molecule has 0 fully saturated rings. The van der Waals surface area contributed by atoms with Crippen molar-refractivity contribution in [1.82, 2.24) is 5.32 Å². The van der Waals surface area contributed by atoms with E-state index in [1.165, 1.54) is 0 Å². The zero-order chi connectivity index (χ0) is 9.42. The molecule has 0 radical (unpaired) electrons. The molecule has 1 nitrogen and oxygen atoms in total. The van der Waals surface area contributed by atoms with E-state index in [9.17, 15) is 4.39 Å². The molecule has 0 aliphatic carbocycles. The van der Waals surface area contributed by atoms with Crippen molar-refractivity contribution in [3.63, 3.8) is 0 Å². The lowest BCUT2D eigenvalue weighted by Gasteiger charge is -2.30. The van der Waals surface area contributed by atoms with Gasteiger partial charge in [-0.3, -0.25) is 0 Å². The van der Waals surface area contributed by atoms with Gasteiger partial charge in [0.25, 0.3) is 0 Å². The third kappa shape index (κ3) is 1.35. The summed E-state index contributed by atoms with van der Waals surface area (Å²) in [6.07, 6.45) is 0. The van der Waals surface area contributed by atoms with E-state index in [0.717, 1.165) is 17.7 Å². The van der Waals surface area contributed by atoms with Crippen LogP contribution in [0.4, 0.5) is 4.39 Å². The fourth-order valence-corrected chi connectivity index (χ4v) is 1.94. The van der Waals surface area contributed by atoms with Crippen molar-refractivity contribution in [1.29, 1.82) is 0 Å². The molecule has 1 aromatic carbocycles. The minimum atomic E-state index is -0.0571. The third-order valence-electron chi connectivity index (χ3n) is 2.96. The van der Waals surface area contributed by atoms with Gasteiger partial charge in [0.1, 0.15) is 5.82 Å². The van der Waals surface area contributed by atoms with Crippen molar-refractivity contribution < 1.29 is 4.39 Å². The maximum Gasteiger partial charge on any atom is 0.127 e. The maximum absolute atomic E-state index is 13.5. The molecule has 0 amide bonds. The van der Waals surface area contributed by atoms with Crippen LogP contribution >= 0.6 is 0 Å². The Morgan fingerprint density at radius 3 is 2.92 bits per heavy atom. The lowest BCUT2D eigenvalue weighted by atomic mass is 9.86. The van der Waals surface area contributed by atoms with Crippen LogP contribution in [-0.2, 0) is 6.54 Å². The predicted molar refractivity (Wildman–Crippen MR) is 51.1 cm³/mol.